The topological polar surface area (TPSA) is 38.5 Å². The van der Waals surface area contributed by atoms with Crippen molar-refractivity contribution in [2.24, 2.45) is 11.7 Å². The van der Waals surface area contributed by atoms with Crippen molar-refractivity contribution in [2.75, 3.05) is 6.61 Å². The molecule has 2 unspecified atom stereocenters. The zero-order valence-electron chi connectivity index (χ0n) is 8.17. The number of ether oxygens (including phenoxy) is 1. The normalized spacial score (nSPS) is 24.5. The van der Waals surface area contributed by atoms with Crippen LogP contribution in [0, 0.1) is 5.92 Å². The Balaban J connectivity index is 0.00000121. The zero-order chi connectivity index (χ0) is 8.48. The van der Waals surface area contributed by atoms with Crippen molar-refractivity contribution in [3.8, 4) is 0 Å². The first-order valence-corrected chi connectivity index (χ1v) is 4.44. The molecule has 0 aliphatic carbocycles. The largest absolute Gasteiger partial charge is 0.373 e. The molecule has 2 atom stereocenters. The Kier molecular flexibility index (Phi) is 4.53. The van der Waals surface area contributed by atoms with Crippen LogP contribution in [0.1, 0.15) is 33.6 Å². The zero-order valence-corrected chi connectivity index (χ0v) is 8.99. The Labute approximate surface area is 81.3 Å². The molecule has 0 aromatic rings. The van der Waals surface area contributed by atoms with E-state index in [-0.39, 0.29) is 17.9 Å². The fraction of sp³-hybridized carbons (Fsp3) is 1.00. The lowest BCUT2D eigenvalue weighted by atomic mass is 9.83. The second-order valence-corrected chi connectivity index (χ2v) is 4.12. The van der Waals surface area contributed by atoms with E-state index in [4.69, 9.17) is 10.5 Å². The summed E-state index contributed by atoms with van der Waals surface area (Å²) < 4.78 is 5.18. The molecule has 2 N–H and O–H groups in total. The lowest BCUT2D eigenvalue weighted by molar-refractivity contribution is 0.259. The van der Waals surface area contributed by atoms with Gasteiger partial charge in [0.25, 0.3) is 0 Å². The Morgan fingerprint density at radius 3 is 2.33 bits per heavy atom. The van der Waals surface area contributed by atoms with E-state index in [2.05, 4.69) is 20.8 Å². The Hall–Kier alpha value is 0.210. The van der Waals surface area contributed by atoms with Gasteiger partial charge in [0.1, 0.15) is 0 Å². The van der Waals surface area contributed by atoms with Crippen LogP contribution in [0.25, 0.3) is 0 Å². The number of hydrogen-bond donors (Lipinski definition) is 1. The van der Waals surface area contributed by atoms with Gasteiger partial charge in [-0.3, -0.25) is 0 Å². The third-order valence-corrected chi connectivity index (χ3v) is 2.49. The van der Waals surface area contributed by atoms with Crippen molar-refractivity contribution in [1.29, 1.82) is 0 Å². The van der Waals surface area contributed by atoms with Gasteiger partial charge >= 0.3 is 0 Å². The predicted octanol–water partition coefficient (Wildman–Crippen LogP) is 1.96. The summed E-state index contributed by atoms with van der Waals surface area (Å²) in [4.78, 5) is 0. The number of epoxide rings is 1. The van der Waals surface area contributed by atoms with Gasteiger partial charge in [-0.2, -0.15) is 0 Å². The van der Waals surface area contributed by atoms with E-state index in [1.165, 1.54) is 0 Å². The van der Waals surface area contributed by atoms with Crippen molar-refractivity contribution in [3.63, 3.8) is 0 Å². The summed E-state index contributed by atoms with van der Waals surface area (Å²) in [6, 6.07) is 0. The maximum Gasteiger partial charge on any atom is 0.0813 e. The molecule has 0 aromatic heterocycles. The molecule has 1 rings (SSSR count). The minimum Gasteiger partial charge on any atom is -0.373 e. The van der Waals surface area contributed by atoms with Crippen LogP contribution >= 0.6 is 12.4 Å². The molecule has 74 valence electrons. The van der Waals surface area contributed by atoms with Crippen LogP contribution in [0.5, 0.6) is 0 Å². The summed E-state index contributed by atoms with van der Waals surface area (Å²) in [6.45, 7) is 7.35. The molecule has 0 aromatic carbocycles. The van der Waals surface area contributed by atoms with Gasteiger partial charge in [-0.15, -0.1) is 12.4 Å². The second kappa shape index (κ2) is 4.45. The monoisotopic (exact) mass is 193 g/mol. The highest BCUT2D eigenvalue weighted by molar-refractivity contribution is 5.85. The van der Waals surface area contributed by atoms with Crippen LogP contribution in [-0.4, -0.2) is 18.2 Å². The molecule has 2 nitrogen and oxygen atoms in total. The average molecular weight is 194 g/mol. The number of hydrogen-bond acceptors (Lipinski definition) is 2. The molecule has 3 heteroatoms. The summed E-state index contributed by atoms with van der Waals surface area (Å²) in [5.41, 5.74) is 5.97. The lowest BCUT2D eigenvalue weighted by Crippen LogP contribution is -2.41. The molecule has 1 saturated heterocycles. The van der Waals surface area contributed by atoms with Crippen molar-refractivity contribution in [1.82, 2.24) is 0 Å². The van der Waals surface area contributed by atoms with Crippen molar-refractivity contribution in [2.45, 2.75) is 45.3 Å². The molecular formula is C9H20ClNO. The number of halogens is 1. The van der Waals surface area contributed by atoms with Crippen molar-refractivity contribution in [3.05, 3.63) is 0 Å². The molecule has 1 aliphatic rings. The third-order valence-electron chi connectivity index (χ3n) is 2.49. The fourth-order valence-electron chi connectivity index (χ4n) is 1.52. The van der Waals surface area contributed by atoms with E-state index < -0.39 is 0 Å². The third kappa shape index (κ3) is 3.74. The average Bonchev–Trinajstić information content (AvgIpc) is 2.62. The first kappa shape index (κ1) is 12.2. The van der Waals surface area contributed by atoms with Gasteiger partial charge in [-0.05, 0) is 26.2 Å². The highest BCUT2D eigenvalue weighted by Gasteiger charge is 2.31. The molecule has 0 saturated carbocycles. The second-order valence-electron chi connectivity index (χ2n) is 4.12. The summed E-state index contributed by atoms with van der Waals surface area (Å²) in [5.74, 6) is 0.606. The van der Waals surface area contributed by atoms with Gasteiger partial charge in [0.2, 0.25) is 0 Å². The van der Waals surface area contributed by atoms with Gasteiger partial charge in [-0.25, -0.2) is 0 Å². The Bertz CT molecular complexity index is 129. The molecule has 1 heterocycles. The molecule has 1 fully saturated rings. The highest BCUT2D eigenvalue weighted by atomic mass is 35.5. The van der Waals surface area contributed by atoms with E-state index in [1.54, 1.807) is 0 Å². The summed E-state index contributed by atoms with van der Waals surface area (Å²) in [7, 11) is 0. The molecule has 1 aliphatic heterocycles. The van der Waals surface area contributed by atoms with Crippen LogP contribution in [-0.2, 0) is 4.74 Å². The molecule has 12 heavy (non-hydrogen) atoms. The van der Waals surface area contributed by atoms with Crippen molar-refractivity contribution >= 4 is 12.4 Å². The predicted molar refractivity (Wildman–Crippen MR) is 53.7 cm³/mol. The van der Waals surface area contributed by atoms with Gasteiger partial charge in [0.15, 0.2) is 0 Å². The van der Waals surface area contributed by atoms with E-state index in [9.17, 15) is 0 Å². The van der Waals surface area contributed by atoms with E-state index in [0.717, 1.165) is 19.4 Å². The number of rotatable bonds is 4. The summed E-state index contributed by atoms with van der Waals surface area (Å²) in [6.07, 6.45) is 2.81. The number of nitrogens with two attached hydrogens (primary N) is 1. The van der Waals surface area contributed by atoms with Crippen LogP contribution in [0.15, 0.2) is 0 Å². The van der Waals surface area contributed by atoms with Gasteiger partial charge in [-0.1, -0.05) is 13.3 Å². The van der Waals surface area contributed by atoms with Crippen molar-refractivity contribution < 1.29 is 4.74 Å². The summed E-state index contributed by atoms with van der Waals surface area (Å²) >= 11 is 0. The van der Waals surface area contributed by atoms with E-state index in [1.807, 2.05) is 0 Å². The van der Waals surface area contributed by atoms with E-state index in [0.29, 0.717) is 12.0 Å². The fourth-order valence-corrected chi connectivity index (χ4v) is 1.52. The quantitative estimate of drug-likeness (QED) is 0.694. The van der Waals surface area contributed by atoms with Crippen LogP contribution in [0.2, 0.25) is 0 Å². The standard InChI is InChI=1S/C9H19NO.ClH/c1-4-7(9(2,3)10)5-8-6-11-8;/h7-8H,4-6,10H2,1-3H3;1H. The van der Waals surface area contributed by atoms with E-state index >= 15 is 0 Å². The minimum atomic E-state index is -0.0410. The first-order valence-electron chi connectivity index (χ1n) is 4.44. The molecule has 0 spiro atoms. The Morgan fingerprint density at radius 1 is 1.58 bits per heavy atom. The van der Waals surface area contributed by atoms with Crippen LogP contribution < -0.4 is 5.73 Å². The van der Waals surface area contributed by atoms with Gasteiger partial charge in [0, 0.05) is 5.54 Å². The molecule has 0 radical (unpaired) electrons. The minimum absolute atomic E-state index is 0. The molecule has 0 amide bonds. The van der Waals surface area contributed by atoms with Gasteiger partial charge in [0.05, 0.1) is 12.7 Å². The smallest absolute Gasteiger partial charge is 0.0813 e. The summed E-state index contributed by atoms with van der Waals surface area (Å²) in [5, 5.41) is 0. The Morgan fingerprint density at radius 2 is 2.08 bits per heavy atom. The highest BCUT2D eigenvalue weighted by Crippen LogP contribution is 2.28. The van der Waals surface area contributed by atoms with Crippen LogP contribution in [0.4, 0.5) is 0 Å². The van der Waals surface area contributed by atoms with Crippen LogP contribution in [0.3, 0.4) is 0 Å². The molecule has 0 bridgehead atoms. The maximum absolute atomic E-state index is 6.01. The molecular weight excluding hydrogens is 174 g/mol. The maximum atomic E-state index is 6.01. The lowest BCUT2D eigenvalue weighted by Gasteiger charge is -2.29. The first-order chi connectivity index (χ1) is 5.04. The van der Waals surface area contributed by atoms with Gasteiger partial charge < -0.3 is 10.5 Å². The SMILES string of the molecule is CCC(CC1CO1)C(C)(C)N.Cl.